The first-order valence-corrected chi connectivity index (χ1v) is 7.08. The number of nitrogens with two attached hydrogens (primary N) is 1. The smallest absolute Gasteiger partial charge is 0.240 e. The normalized spacial score (nSPS) is 17.7. The van der Waals surface area contributed by atoms with E-state index in [4.69, 9.17) is 10.5 Å². The number of aryl methyl sites for hydroxylation is 1. The summed E-state index contributed by atoms with van der Waals surface area (Å²) in [5.41, 5.74) is 10.8. The molecule has 4 rings (SSSR count). The summed E-state index contributed by atoms with van der Waals surface area (Å²) in [6.07, 6.45) is 3.60. The summed E-state index contributed by atoms with van der Waals surface area (Å²) in [5.74, 6) is -0.456. The zero-order valence-corrected chi connectivity index (χ0v) is 12.1. The van der Waals surface area contributed by atoms with E-state index in [-0.39, 0.29) is 6.04 Å². The van der Waals surface area contributed by atoms with Crippen molar-refractivity contribution < 1.29 is 9.13 Å². The molecule has 2 N–H and O–H groups in total. The lowest BCUT2D eigenvalue weighted by Gasteiger charge is -2.24. The number of fused-ring (bicyclic) bond motifs is 2. The summed E-state index contributed by atoms with van der Waals surface area (Å²) in [7, 11) is 1.73. The van der Waals surface area contributed by atoms with E-state index in [2.05, 4.69) is 10.1 Å². The molecule has 2 aromatic heterocycles. The number of hydrogen-bond donors (Lipinski definition) is 1. The van der Waals surface area contributed by atoms with Crippen LogP contribution in [-0.2, 0) is 18.4 Å². The van der Waals surface area contributed by atoms with E-state index in [0.29, 0.717) is 18.6 Å². The van der Waals surface area contributed by atoms with E-state index in [1.54, 1.807) is 30.2 Å². The van der Waals surface area contributed by atoms with Crippen LogP contribution in [0.4, 0.5) is 4.39 Å². The van der Waals surface area contributed by atoms with Crippen LogP contribution in [0.2, 0.25) is 0 Å². The van der Waals surface area contributed by atoms with Gasteiger partial charge in [0, 0.05) is 25.0 Å². The number of pyridine rings is 1. The second-order valence-corrected chi connectivity index (χ2v) is 5.52. The molecule has 1 atom stereocenters. The highest BCUT2D eigenvalue weighted by molar-refractivity contribution is 5.85. The van der Waals surface area contributed by atoms with Gasteiger partial charge >= 0.3 is 0 Å². The molecule has 0 aliphatic carbocycles. The van der Waals surface area contributed by atoms with Crippen molar-refractivity contribution in [3.8, 4) is 11.1 Å². The lowest BCUT2D eigenvalue weighted by Crippen LogP contribution is -2.24. The van der Waals surface area contributed by atoms with Gasteiger partial charge in [0.05, 0.1) is 30.2 Å². The van der Waals surface area contributed by atoms with Crippen molar-refractivity contribution in [2.24, 2.45) is 12.8 Å². The number of nitrogens with zero attached hydrogens (tertiary/aromatic N) is 3. The molecule has 22 heavy (non-hydrogen) atoms. The minimum atomic E-state index is -0.456. The summed E-state index contributed by atoms with van der Waals surface area (Å²) < 4.78 is 20.8. The topological polar surface area (TPSA) is 66.0 Å². The number of aromatic nitrogens is 3. The highest BCUT2D eigenvalue weighted by Gasteiger charge is 2.21. The maximum atomic E-state index is 13.7. The Morgan fingerprint density at radius 2 is 2.23 bits per heavy atom. The van der Waals surface area contributed by atoms with Gasteiger partial charge in [-0.2, -0.15) is 4.39 Å². The maximum Gasteiger partial charge on any atom is 0.240 e. The Kier molecular flexibility index (Phi) is 2.95. The fourth-order valence-corrected chi connectivity index (χ4v) is 2.99. The van der Waals surface area contributed by atoms with Crippen LogP contribution in [0, 0.1) is 5.95 Å². The first-order chi connectivity index (χ1) is 10.6. The lowest BCUT2D eigenvalue weighted by atomic mass is 9.94. The van der Waals surface area contributed by atoms with E-state index in [9.17, 15) is 4.39 Å². The van der Waals surface area contributed by atoms with Gasteiger partial charge < -0.3 is 10.5 Å². The number of hydrogen-bond acceptors (Lipinski definition) is 4. The highest BCUT2D eigenvalue weighted by Crippen LogP contribution is 2.33. The Balaban J connectivity index is 1.92. The Bertz CT molecular complexity index is 874. The molecule has 0 saturated carbocycles. The van der Waals surface area contributed by atoms with Crippen molar-refractivity contribution >= 4 is 10.9 Å². The van der Waals surface area contributed by atoms with Crippen molar-refractivity contribution in [3.63, 3.8) is 0 Å². The predicted molar refractivity (Wildman–Crippen MR) is 80.5 cm³/mol. The van der Waals surface area contributed by atoms with Crippen LogP contribution in [0.15, 0.2) is 30.6 Å². The molecule has 0 fully saturated rings. The number of rotatable bonds is 1. The second kappa shape index (κ2) is 4.86. The summed E-state index contributed by atoms with van der Waals surface area (Å²) >= 11 is 0. The van der Waals surface area contributed by atoms with E-state index in [1.807, 2.05) is 12.1 Å². The van der Waals surface area contributed by atoms with Crippen LogP contribution < -0.4 is 5.73 Å². The monoisotopic (exact) mass is 298 g/mol. The van der Waals surface area contributed by atoms with Crippen molar-refractivity contribution in [1.82, 2.24) is 14.8 Å². The molecule has 1 aromatic carbocycles. The third-order valence-corrected chi connectivity index (χ3v) is 4.15. The summed E-state index contributed by atoms with van der Waals surface area (Å²) in [6.45, 7) is 1.02. The maximum absolute atomic E-state index is 13.7. The molecule has 6 heteroatoms. The Labute approximate surface area is 126 Å². The molecule has 0 spiro atoms. The van der Waals surface area contributed by atoms with E-state index in [1.165, 1.54) is 0 Å². The molecule has 3 heterocycles. The zero-order valence-electron chi connectivity index (χ0n) is 12.1. The van der Waals surface area contributed by atoms with Gasteiger partial charge in [0.15, 0.2) is 0 Å². The van der Waals surface area contributed by atoms with Crippen molar-refractivity contribution in [3.05, 3.63) is 47.7 Å². The lowest BCUT2D eigenvalue weighted by molar-refractivity contribution is 0.0926. The molecule has 0 bridgehead atoms. The third kappa shape index (κ3) is 1.92. The van der Waals surface area contributed by atoms with Gasteiger partial charge in [0.25, 0.3) is 0 Å². The fraction of sp³-hybridized carbons (Fsp3) is 0.250. The van der Waals surface area contributed by atoms with Gasteiger partial charge in [-0.1, -0.05) is 6.07 Å². The zero-order chi connectivity index (χ0) is 15.3. The first-order valence-electron chi connectivity index (χ1n) is 7.08. The molecule has 0 amide bonds. The van der Waals surface area contributed by atoms with Crippen molar-refractivity contribution in [1.29, 1.82) is 0 Å². The second-order valence-electron chi connectivity index (χ2n) is 5.52. The van der Waals surface area contributed by atoms with E-state index < -0.39 is 5.95 Å². The molecular weight excluding hydrogens is 283 g/mol. The van der Waals surface area contributed by atoms with Crippen molar-refractivity contribution in [2.75, 3.05) is 6.61 Å². The highest BCUT2D eigenvalue weighted by atomic mass is 19.1. The van der Waals surface area contributed by atoms with Gasteiger partial charge in [-0.05, 0) is 28.8 Å². The Morgan fingerprint density at radius 1 is 1.36 bits per heavy atom. The minimum absolute atomic E-state index is 0.158. The largest absolute Gasteiger partial charge is 0.375 e. The van der Waals surface area contributed by atoms with Crippen LogP contribution in [0.3, 0.4) is 0 Å². The van der Waals surface area contributed by atoms with Crippen LogP contribution in [0.25, 0.3) is 22.0 Å². The molecule has 1 unspecified atom stereocenters. The summed E-state index contributed by atoms with van der Waals surface area (Å²) in [4.78, 5) is 4.30. The van der Waals surface area contributed by atoms with E-state index >= 15 is 0 Å². The van der Waals surface area contributed by atoms with Crippen LogP contribution >= 0.6 is 0 Å². The molecule has 0 saturated heterocycles. The molecule has 3 aromatic rings. The molecular formula is C16H15FN4O. The van der Waals surface area contributed by atoms with Crippen molar-refractivity contribution in [2.45, 2.75) is 12.6 Å². The van der Waals surface area contributed by atoms with Crippen LogP contribution in [0.5, 0.6) is 0 Å². The van der Waals surface area contributed by atoms with Gasteiger partial charge in [-0.3, -0.25) is 9.67 Å². The molecule has 0 radical (unpaired) electrons. The molecule has 112 valence electrons. The van der Waals surface area contributed by atoms with Crippen LogP contribution in [0.1, 0.15) is 17.2 Å². The van der Waals surface area contributed by atoms with Crippen LogP contribution in [-0.4, -0.2) is 21.4 Å². The van der Waals surface area contributed by atoms with E-state index in [0.717, 1.165) is 27.8 Å². The summed E-state index contributed by atoms with van der Waals surface area (Å²) in [5, 5.41) is 4.33. The first kappa shape index (κ1) is 13.4. The Morgan fingerprint density at radius 3 is 3.09 bits per heavy atom. The minimum Gasteiger partial charge on any atom is -0.375 e. The molecule has 5 nitrogen and oxygen atoms in total. The molecule has 1 aliphatic rings. The SMILES string of the molecule is Cn1nc(F)c2ccc(-c3cncc4c3COCC4N)cc21. The van der Waals surface area contributed by atoms with Gasteiger partial charge in [0.2, 0.25) is 5.95 Å². The third-order valence-electron chi connectivity index (χ3n) is 4.15. The predicted octanol–water partition coefficient (Wildman–Crippen LogP) is 2.30. The van der Waals surface area contributed by atoms with Gasteiger partial charge in [-0.15, -0.1) is 5.10 Å². The number of halogens is 1. The standard InChI is InChI=1S/C16H15FN4O/c1-21-15-4-9(2-3-10(15)16(17)20-21)11-5-19-6-12-13(11)7-22-8-14(12)18/h2-6,14H,7-8,18H2,1H3. The molecule has 1 aliphatic heterocycles. The fourth-order valence-electron chi connectivity index (χ4n) is 2.99. The number of benzene rings is 1. The average molecular weight is 298 g/mol. The van der Waals surface area contributed by atoms with Gasteiger partial charge in [0.1, 0.15) is 0 Å². The Hall–Kier alpha value is -2.31. The number of ether oxygens (including phenoxy) is 1. The van der Waals surface area contributed by atoms with Gasteiger partial charge in [-0.25, -0.2) is 0 Å². The average Bonchev–Trinajstić information content (AvgIpc) is 2.81. The summed E-state index contributed by atoms with van der Waals surface area (Å²) in [6, 6.07) is 5.39. The quantitative estimate of drug-likeness (QED) is 0.748.